The number of ether oxygens (including phenoxy) is 4. The zero-order valence-electron chi connectivity index (χ0n) is 59.1. The van der Waals surface area contributed by atoms with Gasteiger partial charge in [-0.25, -0.2) is 9.13 Å². The molecule has 17 nitrogen and oxygen atoms in total. The number of phosphoric acid groups is 2. The molecule has 0 rings (SSSR count). The molecule has 0 fully saturated rings. The number of rotatable bonds is 71. The SMILES string of the molecule is CCCCCCCCCCCCCCCCCCCCC(=O)O[C@H](COC(=O)CCCCCCCCCCCCCC(C)C)COP(=O)(O)OC[C@@H](O)COP(=O)(O)OC[C@@H](COC(=O)CCCCCCCCC)OC(=O)CCCCCCCCCCC(C)CC. The van der Waals surface area contributed by atoms with Crippen LogP contribution >= 0.6 is 15.6 Å². The van der Waals surface area contributed by atoms with Gasteiger partial charge in [-0.05, 0) is 37.5 Å². The maximum absolute atomic E-state index is 13.0. The topological polar surface area (TPSA) is 237 Å². The molecule has 6 atom stereocenters. The Hall–Kier alpha value is -1.94. The van der Waals surface area contributed by atoms with E-state index in [0.29, 0.717) is 25.7 Å². The molecule has 0 aliphatic rings. The van der Waals surface area contributed by atoms with E-state index >= 15 is 0 Å². The van der Waals surface area contributed by atoms with Crippen molar-refractivity contribution in [2.75, 3.05) is 39.6 Å². The van der Waals surface area contributed by atoms with E-state index in [1.54, 1.807) is 0 Å². The third kappa shape index (κ3) is 65.1. The lowest BCUT2D eigenvalue weighted by molar-refractivity contribution is -0.161. The number of aliphatic hydroxyl groups is 1. The highest BCUT2D eigenvalue weighted by atomic mass is 31.2. The number of hydrogen-bond acceptors (Lipinski definition) is 15. The van der Waals surface area contributed by atoms with Crippen LogP contribution in [0.5, 0.6) is 0 Å². The average molecular weight is 1340 g/mol. The Morgan fingerprint density at radius 3 is 0.835 bits per heavy atom. The maximum atomic E-state index is 13.0. The molecule has 3 unspecified atom stereocenters. The predicted molar refractivity (Wildman–Crippen MR) is 368 cm³/mol. The smallest absolute Gasteiger partial charge is 0.462 e. The lowest BCUT2D eigenvalue weighted by Crippen LogP contribution is -2.30. The van der Waals surface area contributed by atoms with Gasteiger partial charge in [-0.1, -0.05) is 318 Å². The van der Waals surface area contributed by atoms with Gasteiger partial charge in [0.05, 0.1) is 26.4 Å². The lowest BCUT2D eigenvalue weighted by Gasteiger charge is -2.21. The highest BCUT2D eigenvalue weighted by Gasteiger charge is 2.30. The average Bonchev–Trinajstić information content (AvgIpc) is 3.73. The quantitative estimate of drug-likeness (QED) is 0.0222. The summed E-state index contributed by atoms with van der Waals surface area (Å²) in [4.78, 5) is 72.5. The number of carbonyl (C=O) groups is 4. The van der Waals surface area contributed by atoms with Gasteiger partial charge in [-0.2, -0.15) is 0 Å². The van der Waals surface area contributed by atoms with Gasteiger partial charge in [0.1, 0.15) is 19.3 Å². The summed E-state index contributed by atoms with van der Waals surface area (Å²) in [6, 6.07) is 0. The van der Waals surface area contributed by atoms with Gasteiger partial charge in [0.15, 0.2) is 12.2 Å². The number of phosphoric ester groups is 2. The van der Waals surface area contributed by atoms with E-state index in [0.717, 1.165) is 115 Å². The van der Waals surface area contributed by atoms with Gasteiger partial charge in [0, 0.05) is 25.7 Å². The van der Waals surface area contributed by atoms with Crippen molar-refractivity contribution in [2.45, 2.75) is 387 Å². The third-order valence-corrected chi connectivity index (χ3v) is 19.0. The molecule has 91 heavy (non-hydrogen) atoms. The van der Waals surface area contributed by atoms with Crippen molar-refractivity contribution >= 4 is 39.5 Å². The van der Waals surface area contributed by atoms with Gasteiger partial charge >= 0.3 is 39.5 Å². The van der Waals surface area contributed by atoms with E-state index < -0.39 is 97.5 Å². The molecule has 0 amide bonds. The fraction of sp³-hybridized carbons (Fsp3) is 0.944. The monoisotopic (exact) mass is 1340 g/mol. The molecule has 0 aromatic rings. The summed E-state index contributed by atoms with van der Waals surface area (Å²) >= 11 is 0. The second kappa shape index (κ2) is 64.1. The summed E-state index contributed by atoms with van der Waals surface area (Å²) in [6.07, 6.45) is 50.1. The molecule has 0 saturated heterocycles. The van der Waals surface area contributed by atoms with Crippen LogP contribution in [0.3, 0.4) is 0 Å². The Morgan fingerprint density at radius 2 is 0.560 bits per heavy atom. The molecule has 0 bridgehead atoms. The van der Waals surface area contributed by atoms with E-state index in [1.807, 2.05) is 0 Å². The van der Waals surface area contributed by atoms with Gasteiger partial charge in [-0.3, -0.25) is 37.3 Å². The largest absolute Gasteiger partial charge is 0.472 e. The van der Waals surface area contributed by atoms with Crippen LogP contribution in [0.1, 0.15) is 369 Å². The van der Waals surface area contributed by atoms with Gasteiger partial charge < -0.3 is 33.8 Å². The summed E-state index contributed by atoms with van der Waals surface area (Å²) in [5.41, 5.74) is 0. The standard InChI is InChI=1S/C72H140O17P2/c1-7-10-12-14-16-17-18-19-20-21-22-23-24-27-31-38-44-50-56-71(76)88-68(61-83-70(75)55-49-43-37-30-28-25-26-29-35-40-46-52-64(4)5)63-87-91(80,81)85-59-66(73)58-84-90(78,79)86-62-67(60-82-69(74)54-48-42-34-15-13-11-8-2)89-72(77)57-51-45-39-33-32-36-41-47-53-65(6)9-3/h64-68,73H,7-63H2,1-6H3,(H,78,79)(H,80,81)/t65?,66-,67+,68+/m0/s1. The molecule has 0 heterocycles. The number of esters is 4. The van der Waals surface area contributed by atoms with Crippen LogP contribution < -0.4 is 0 Å². The number of carbonyl (C=O) groups excluding carboxylic acids is 4. The Bertz CT molecular complexity index is 1770. The van der Waals surface area contributed by atoms with Crippen LogP contribution in [0.2, 0.25) is 0 Å². The molecule has 540 valence electrons. The van der Waals surface area contributed by atoms with Crippen LogP contribution in [0, 0.1) is 11.8 Å². The molecule has 3 N–H and O–H groups in total. The zero-order chi connectivity index (χ0) is 67.2. The number of aliphatic hydroxyl groups excluding tert-OH is 1. The molecular weight excluding hydrogens is 1200 g/mol. The van der Waals surface area contributed by atoms with Crippen molar-refractivity contribution < 1.29 is 80.2 Å². The van der Waals surface area contributed by atoms with Crippen molar-refractivity contribution in [3.05, 3.63) is 0 Å². The number of unbranched alkanes of at least 4 members (excludes halogenated alkanes) is 40. The van der Waals surface area contributed by atoms with Crippen molar-refractivity contribution in [3.63, 3.8) is 0 Å². The lowest BCUT2D eigenvalue weighted by atomic mass is 9.99. The minimum Gasteiger partial charge on any atom is -0.462 e. The van der Waals surface area contributed by atoms with Crippen LogP contribution in [0.25, 0.3) is 0 Å². The highest BCUT2D eigenvalue weighted by Crippen LogP contribution is 2.45. The first-order valence-corrected chi connectivity index (χ1v) is 40.5. The van der Waals surface area contributed by atoms with Crippen LogP contribution in [0.4, 0.5) is 0 Å². The first-order valence-electron chi connectivity index (χ1n) is 37.5. The highest BCUT2D eigenvalue weighted by molar-refractivity contribution is 7.47. The minimum absolute atomic E-state index is 0.105. The molecule has 0 aliphatic carbocycles. The predicted octanol–water partition coefficient (Wildman–Crippen LogP) is 20.8. The van der Waals surface area contributed by atoms with Gasteiger partial charge in [0.25, 0.3) is 0 Å². The van der Waals surface area contributed by atoms with Gasteiger partial charge in [0.2, 0.25) is 0 Å². The van der Waals surface area contributed by atoms with Crippen LogP contribution in [-0.2, 0) is 65.4 Å². The van der Waals surface area contributed by atoms with Crippen molar-refractivity contribution in [3.8, 4) is 0 Å². The fourth-order valence-corrected chi connectivity index (χ4v) is 12.5. The van der Waals surface area contributed by atoms with E-state index in [2.05, 4.69) is 41.5 Å². The molecule has 0 spiro atoms. The Labute approximate surface area is 556 Å². The van der Waals surface area contributed by atoms with E-state index in [1.165, 1.54) is 173 Å². The van der Waals surface area contributed by atoms with Crippen molar-refractivity contribution in [2.24, 2.45) is 11.8 Å². The molecule has 0 aliphatic heterocycles. The first kappa shape index (κ1) is 89.1. The second-order valence-electron chi connectivity index (χ2n) is 26.7. The molecule has 0 radical (unpaired) electrons. The van der Waals surface area contributed by atoms with E-state index in [-0.39, 0.29) is 25.7 Å². The Balaban J connectivity index is 5.20. The first-order chi connectivity index (χ1) is 43.9. The summed E-state index contributed by atoms with van der Waals surface area (Å²) in [5.74, 6) is -0.586. The van der Waals surface area contributed by atoms with E-state index in [9.17, 15) is 43.2 Å². The van der Waals surface area contributed by atoms with Crippen molar-refractivity contribution in [1.29, 1.82) is 0 Å². The van der Waals surface area contributed by atoms with Gasteiger partial charge in [-0.15, -0.1) is 0 Å². The third-order valence-electron chi connectivity index (χ3n) is 17.1. The number of hydrogen-bond donors (Lipinski definition) is 3. The normalized spacial score (nSPS) is 14.4. The molecule has 0 saturated carbocycles. The fourth-order valence-electron chi connectivity index (χ4n) is 10.9. The Kier molecular flexibility index (Phi) is 62.7. The summed E-state index contributed by atoms with van der Waals surface area (Å²) in [6.45, 7) is 9.52. The zero-order valence-corrected chi connectivity index (χ0v) is 60.9. The molecule has 0 aromatic heterocycles. The summed E-state index contributed by atoms with van der Waals surface area (Å²) in [5, 5.41) is 10.6. The van der Waals surface area contributed by atoms with Crippen LogP contribution in [0.15, 0.2) is 0 Å². The Morgan fingerprint density at radius 1 is 0.319 bits per heavy atom. The molecular formula is C72H140O17P2. The summed E-state index contributed by atoms with van der Waals surface area (Å²) < 4.78 is 68.3. The minimum atomic E-state index is -4.95. The maximum Gasteiger partial charge on any atom is 0.472 e. The van der Waals surface area contributed by atoms with E-state index in [4.69, 9.17) is 37.0 Å². The molecule has 0 aromatic carbocycles. The second-order valence-corrected chi connectivity index (χ2v) is 29.6. The van der Waals surface area contributed by atoms with Crippen molar-refractivity contribution in [1.82, 2.24) is 0 Å². The molecule has 19 heteroatoms. The van der Waals surface area contributed by atoms with Crippen LogP contribution in [-0.4, -0.2) is 96.7 Å². The summed E-state index contributed by atoms with van der Waals surface area (Å²) in [7, 11) is -9.90.